The molecular weight excluding hydrogens is 228 g/mol. The van der Waals surface area contributed by atoms with Crippen LogP contribution in [0.4, 0.5) is 0 Å². The highest BCUT2D eigenvalue weighted by molar-refractivity contribution is 6.17. The fraction of sp³-hybridized carbons (Fsp3) is 0.600. The van der Waals surface area contributed by atoms with Crippen molar-refractivity contribution in [1.82, 2.24) is 0 Å². The Morgan fingerprint density at radius 2 is 2.06 bits per heavy atom. The second-order valence-electron chi connectivity index (χ2n) is 5.98. The number of ketones is 2. The first kappa shape index (κ1) is 11.7. The van der Waals surface area contributed by atoms with Crippen molar-refractivity contribution in [3.8, 4) is 0 Å². The summed E-state index contributed by atoms with van der Waals surface area (Å²) in [5.41, 5.74) is 0.796. The molecule has 0 radical (unpaired) electrons. The summed E-state index contributed by atoms with van der Waals surface area (Å²) >= 11 is 0. The Hall–Kier alpha value is -1.38. The Morgan fingerprint density at radius 1 is 1.33 bits per heavy atom. The third-order valence-electron chi connectivity index (χ3n) is 5.11. The van der Waals surface area contributed by atoms with E-state index in [4.69, 9.17) is 4.42 Å². The van der Waals surface area contributed by atoms with E-state index in [1.165, 1.54) is 6.26 Å². The van der Waals surface area contributed by atoms with E-state index >= 15 is 0 Å². The zero-order chi connectivity index (χ0) is 13.1. The molecule has 1 fully saturated rings. The highest BCUT2D eigenvalue weighted by Gasteiger charge is 2.56. The number of hydrogen-bond donors (Lipinski definition) is 0. The second kappa shape index (κ2) is 3.56. The highest BCUT2D eigenvalue weighted by Crippen LogP contribution is 2.52. The minimum atomic E-state index is -0.531. The first-order valence-corrected chi connectivity index (χ1v) is 6.65. The molecule has 1 saturated carbocycles. The molecule has 18 heavy (non-hydrogen) atoms. The fourth-order valence-corrected chi connectivity index (χ4v) is 3.69. The van der Waals surface area contributed by atoms with Crippen LogP contribution >= 0.6 is 0 Å². The highest BCUT2D eigenvalue weighted by atomic mass is 16.3. The molecule has 0 unspecified atom stereocenters. The smallest absolute Gasteiger partial charge is 0.202 e. The normalized spacial score (nSPS) is 35.3. The molecule has 1 heterocycles. The molecule has 0 bridgehead atoms. The summed E-state index contributed by atoms with van der Waals surface area (Å²) in [6.07, 6.45) is 4.39. The van der Waals surface area contributed by atoms with Crippen LogP contribution in [0.2, 0.25) is 0 Å². The van der Waals surface area contributed by atoms with E-state index < -0.39 is 5.41 Å². The van der Waals surface area contributed by atoms with Crippen LogP contribution in [0.25, 0.3) is 0 Å². The second-order valence-corrected chi connectivity index (χ2v) is 5.98. The summed E-state index contributed by atoms with van der Waals surface area (Å²) in [5.74, 6) is 0.517. The SMILES string of the molecule is Cc1coc2c1C(=O)[C@]1(C)[C@H](C)CCC[C@H]1C2=O. The first-order chi connectivity index (χ1) is 8.48. The van der Waals surface area contributed by atoms with E-state index in [9.17, 15) is 9.59 Å². The molecule has 3 atom stereocenters. The fourth-order valence-electron chi connectivity index (χ4n) is 3.69. The van der Waals surface area contributed by atoms with Gasteiger partial charge in [0.25, 0.3) is 0 Å². The zero-order valence-corrected chi connectivity index (χ0v) is 11.1. The molecule has 3 heteroatoms. The molecule has 2 aliphatic carbocycles. The van der Waals surface area contributed by atoms with Gasteiger partial charge < -0.3 is 4.42 Å². The lowest BCUT2D eigenvalue weighted by atomic mass is 9.54. The molecule has 1 aromatic heterocycles. The van der Waals surface area contributed by atoms with Crippen molar-refractivity contribution in [3.05, 3.63) is 23.2 Å². The van der Waals surface area contributed by atoms with E-state index in [1.807, 2.05) is 13.8 Å². The van der Waals surface area contributed by atoms with Crippen molar-refractivity contribution in [2.75, 3.05) is 0 Å². The summed E-state index contributed by atoms with van der Waals surface area (Å²) in [6.45, 7) is 5.90. The molecule has 1 aromatic rings. The molecular formula is C15H18O3. The van der Waals surface area contributed by atoms with E-state index in [0.717, 1.165) is 24.8 Å². The van der Waals surface area contributed by atoms with Crippen LogP contribution in [-0.4, -0.2) is 11.6 Å². The van der Waals surface area contributed by atoms with Gasteiger partial charge in [0.2, 0.25) is 5.78 Å². The van der Waals surface area contributed by atoms with E-state index in [1.54, 1.807) is 0 Å². The van der Waals surface area contributed by atoms with Crippen LogP contribution in [0.15, 0.2) is 10.7 Å². The van der Waals surface area contributed by atoms with E-state index in [0.29, 0.717) is 11.3 Å². The maximum Gasteiger partial charge on any atom is 0.202 e. The lowest BCUT2D eigenvalue weighted by Crippen LogP contribution is -2.51. The molecule has 0 spiro atoms. The third-order valence-corrected chi connectivity index (χ3v) is 5.11. The quantitative estimate of drug-likeness (QED) is 0.704. The van der Waals surface area contributed by atoms with E-state index in [-0.39, 0.29) is 23.4 Å². The van der Waals surface area contributed by atoms with Gasteiger partial charge in [-0.15, -0.1) is 0 Å². The number of carbonyl (C=O) groups is 2. The van der Waals surface area contributed by atoms with Crippen LogP contribution in [0.1, 0.15) is 59.6 Å². The summed E-state index contributed by atoms with van der Waals surface area (Å²) in [6, 6.07) is 0. The largest absolute Gasteiger partial charge is 0.460 e. The van der Waals surface area contributed by atoms with Gasteiger partial charge in [0.1, 0.15) is 0 Å². The van der Waals surface area contributed by atoms with Crippen molar-refractivity contribution in [2.45, 2.75) is 40.0 Å². The number of furan rings is 1. The summed E-state index contributed by atoms with van der Waals surface area (Å²) < 4.78 is 5.33. The maximum absolute atomic E-state index is 12.8. The van der Waals surface area contributed by atoms with Crippen molar-refractivity contribution in [3.63, 3.8) is 0 Å². The molecule has 0 saturated heterocycles. The Kier molecular flexibility index (Phi) is 2.31. The molecule has 96 valence electrons. The van der Waals surface area contributed by atoms with Crippen molar-refractivity contribution in [2.24, 2.45) is 17.3 Å². The van der Waals surface area contributed by atoms with E-state index in [2.05, 4.69) is 6.92 Å². The summed E-state index contributed by atoms with van der Waals surface area (Å²) in [4.78, 5) is 25.3. The minimum Gasteiger partial charge on any atom is -0.460 e. The van der Waals surface area contributed by atoms with Crippen molar-refractivity contribution >= 4 is 11.6 Å². The number of rotatable bonds is 0. The molecule has 3 nitrogen and oxygen atoms in total. The van der Waals surface area contributed by atoms with Crippen LogP contribution in [-0.2, 0) is 0 Å². The van der Waals surface area contributed by atoms with Gasteiger partial charge in [-0.2, -0.15) is 0 Å². The number of Topliss-reactive ketones (excluding diaryl/α,β-unsaturated/α-hetero) is 2. The van der Waals surface area contributed by atoms with Crippen LogP contribution in [0, 0.1) is 24.2 Å². The van der Waals surface area contributed by atoms with Crippen molar-refractivity contribution in [1.29, 1.82) is 0 Å². The van der Waals surface area contributed by atoms with Crippen LogP contribution < -0.4 is 0 Å². The average molecular weight is 246 g/mol. The van der Waals surface area contributed by atoms with Gasteiger partial charge in [0.15, 0.2) is 11.5 Å². The minimum absolute atomic E-state index is 0.0340. The summed E-state index contributed by atoms with van der Waals surface area (Å²) in [7, 11) is 0. The van der Waals surface area contributed by atoms with Gasteiger partial charge in [0.05, 0.1) is 11.8 Å². The number of aryl methyl sites for hydroxylation is 1. The third kappa shape index (κ3) is 1.20. The molecule has 0 N–H and O–H groups in total. The van der Waals surface area contributed by atoms with Gasteiger partial charge in [-0.3, -0.25) is 9.59 Å². The predicted molar refractivity (Wildman–Crippen MR) is 66.7 cm³/mol. The average Bonchev–Trinajstić information content (AvgIpc) is 2.72. The van der Waals surface area contributed by atoms with Gasteiger partial charge in [-0.1, -0.05) is 20.3 Å². The predicted octanol–water partition coefficient (Wildman–Crippen LogP) is 3.41. The first-order valence-electron chi connectivity index (χ1n) is 6.65. The molecule has 0 aromatic carbocycles. The Morgan fingerprint density at radius 3 is 2.78 bits per heavy atom. The Balaban J connectivity index is 2.23. The number of hydrogen-bond acceptors (Lipinski definition) is 3. The monoisotopic (exact) mass is 246 g/mol. The summed E-state index contributed by atoms with van der Waals surface area (Å²) in [5, 5.41) is 0. The van der Waals surface area contributed by atoms with Crippen LogP contribution in [0.5, 0.6) is 0 Å². The van der Waals surface area contributed by atoms with Crippen molar-refractivity contribution < 1.29 is 14.0 Å². The molecule has 3 rings (SSSR count). The zero-order valence-electron chi connectivity index (χ0n) is 11.1. The van der Waals surface area contributed by atoms with Gasteiger partial charge in [-0.05, 0) is 31.2 Å². The maximum atomic E-state index is 12.8. The lowest BCUT2D eigenvalue weighted by Gasteiger charge is -2.46. The van der Waals surface area contributed by atoms with Gasteiger partial charge >= 0.3 is 0 Å². The number of carbonyl (C=O) groups excluding carboxylic acids is 2. The topological polar surface area (TPSA) is 47.3 Å². The van der Waals surface area contributed by atoms with Gasteiger partial charge in [0, 0.05) is 11.3 Å². The Labute approximate surface area is 107 Å². The van der Waals surface area contributed by atoms with Gasteiger partial charge in [-0.25, -0.2) is 0 Å². The molecule has 0 aliphatic heterocycles. The number of fused-ring (bicyclic) bond motifs is 2. The Bertz CT molecular complexity index is 540. The lowest BCUT2D eigenvalue weighted by molar-refractivity contribution is 0.0282. The van der Waals surface area contributed by atoms with Crippen LogP contribution in [0.3, 0.4) is 0 Å². The standard InChI is InChI=1S/C15H18O3/c1-8-7-18-13-11(8)14(17)15(3)9(2)5-4-6-10(15)12(13)16/h7,9-10H,4-6H2,1-3H3/t9-,10+,15-/m1/s1. The molecule has 2 aliphatic rings. The molecule has 0 amide bonds.